The Labute approximate surface area is 214 Å². The Morgan fingerprint density at radius 2 is 1.48 bits per heavy atom. The van der Waals surface area contributed by atoms with E-state index in [1.807, 2.05) is 0 Å². The Balaban J connectivity index is 0.000000183. The average molecular weight is 543 g/mol. The van der Waals surface area contributed by atoms with Crippen molar-refractivity contribution in [2.45, 2.75) is 36.1 Å². The van der Waals surface area contributed by atoms with Crippen LogP contribution >= 0.6 is 0 Å². The molecule has 0 spiro atoms. The van der Waals surface area contributed by atoms with Crippen LogP contribution in [0.4, 0.5) is 0 Å². The van der Waals surface area contributed by atoms with Gasteiger partial charge < -0.3 is 29.4 Å². The molecule has 2 aromatic carbocycles. The van der Waals surface area contributed by atoms with Crippen LogP contribution in [0.15, 0.2) is 78.0 Å². The van der Waals surface area contributed by atoms with Gasteiger partial charge >= 0.3 is 82.3 Å². The third-order valence-electron chi connectivity index (χ3n) is 6.84. The first-order valence-electron chi connectivity index (χ1n) is 10.4. The largest absolute Gasteiger partial charge is 1.00 e. The predicted octanol–water partition coefficient (Wildman–Crippen LogP) is 0.848. The zero-order valence-corrected chi connectivity index (χ0v) is 23.3. The molecule has 1 nitrogen and oxygen atoms in total. The second kappa shape index (κ2) is 9.02. The van der Waals surface area contributed by atoms with Crippen molar-refractivity contribution in [1.29, 1.82) is 0 Å². The van der Waals surface area contributed by atoms with Gasteiger partial charge in [0, 0.05) is 23.1 Å². The van der Waals surface area contributed by atoms with Crippen LogP contribution in [0, 0.1) is 0 Å². The van der Waals surface area contributed by atoms with Crippen LogP contribution in [0.3, 0.4) is 0 Å². The van der Waals surface area contributed by atoms with E-state index in [-0.39, 0.29) is 24.8 Å². The number of aromatic nitrogens is 1. The fourth-order valence-electron chi connectivity index (χ4n) is 5.60. The molecule has 2 unspecified atom stereocenters. The summed E-state index contributed by atoms with van der Waals surface area (Å²) in [5, 5.41) is 1.70. The summed E-state index contributed by atoms with van der Waals surface area (Å²) in [5.41, 5.74) is 11.3. The van der Waals surface area contributed by atoms with E-state index in [0.717, 1.165) is 9.17 Å². The molecule has 0 N–H and O–H groups in total. The van der Waals surface area contributed by atoms with E-state index < -0.39 is 8.07 Å². The molecule has 2 aliphatic carbocycles. The summed E-state index contributed by atoms with van der Waals surface area (Å²) in [6.07, 6.45) is 4.54. The third kappa shape index (κ3) is 3.72. The fraction of sp³-hybridized carbons (Fsp3) is 0.231. The summed E-state index contributed by atoms with van der Waals surface area (Å²) in [4.78, 5) is 0. The fourth-order valence-corrected chi connectivity index (χ4v) is 10.8. The van der Waals surface area contributed by atoms with Gasteiger partial charge in [0.25, 0.3) is 0 Å². The monoisotopic (exact) mass is 540 g/mol. The molecule has 0 radical (unpaired) electrons. The van der Waals surface area contributed by atoms with Gasteiger partial charge in [-0.3, -0.25) is 0 Å². The van der Waals surface area contributed by atoms with Crippen LogP contribution in [0.2, 0.25) is 13.1 Å². The summed E-state index contributed by atoms with van der Waals surface area (Å²) in [6.45, 7) is 9.57. The van der Waals surface area contributed by atoms with Crippen molar-refractivity contribution < 1.29 is 49.5 Å². The topological polar surface area (TPSA) is 4.93 Å². The standard InChI is InChI=1S/C16H17NSi.C10H9.2ClH.Zr/c1-11-15-13-9-10-17(12-7-5-4-6-8-12)14(13)16(11)18(15,2)3;1-8-6-9-4-2-3-5-10(9)7-8;;;/h4-10,15H,1-3H3;2-7H,1H3;2*1H;/q;;;;+2/p-2. The summed E-state index contributed by atoms with van der Waals surface area (Å²) in [6, 6.07) is 21.7. The van der Waals surface area contributed by atoms with Gasteiger partial charge in [0.2, 0.25) is 0 Å². The molecule has 0 saturated heterocycles. The number of allylic oxidation sites excluding steroid dienone is 2. The van der Waals surface area contributed by atoms with Crippen LogP contribution in [0.1, 0.15) is 45.4 Å². The number of para-hydroxylation sites is 1. The molecular formula is C26H26Cl2NSiZr. The number of rotatable bonds is 1. The molecule has 2 atom stereocenters. The number of benzene rings is 2. The normalized spacial score (nSPS) is 20.9. The average Bonchev–Trinajstić information content (AvgIpc) is 3.39. The van der Waals surface area contributed by atoms with Crippen molar-refractivity contribution in [3.8, 4) is 5.69 Å². The van der Waals surface area contributed by atoms with Gasteiger partial charge in [-0.1, -0.05) is 36.9 Å². The minimum Gasteiger partial charge on any atom is -1.00 e. The number of halogens is 2. The molecule has 157 valence electrons. The van der Waals surface area contributed by atoms with Crippen LogP contribution in [-0.2, 0) is 24.7 Å². The van der Waals surface area contributed by atoms with Crippen LogP contribution in [-0.4, -0.2) is 12.6 Å². The smallest absolute Gasteiger partial charge is 1.00 e. The van der Waals surface area contributed by atoms with Crippen molar-refractivity contribution in [3.63, 3.8) is 0 Å². The SMILES string of the molecule is CC1=C2c3c(ccn3-c3ccccc3)C1[Si]2(C)C.CC1=Cc2ccccc2[CH]1[Zr+2].[Cl-].[Cl-]. The predicted molar refractivity (Wildman–Crippen MR) is 121 cm³/mol. The van der Waals surface area contributed by atoms with E-state index in [9.17, 15) is 0 Å². The minimum absolute atomic E-state index is 0. The van der Waals surface area contributed by atoms with Gasteiger partial charge in [0.05, 0.1) is 8.07 Å². The zero-order chi connectivity index (χ0) is 20.3. The maximum atomic E-state index is 2.51. The molecule has 2 bridgehead atoms. The molecule has 3 aromatic rings. The van der Waals surface area contributed by atoms with E-state index in [1.54, 1.807) is 41.1 Å². The number of fused-ring (bicyclic) bond motifs is 1. The van der Waals surface area contributed by atoms with Gasteiger partial charge in [-0.05, 0) is 35.9 Å². The van der Waals surface area contributed by atoms with Gasteiger partial charge in [0.15, 0.2) is 0 Å². The van der Waals surface area contributed by atoms with E-state index >= 15 is 0 Å². The second-order valence-corrected chi connectivity index (χ2v) is 14.9. The van der Waals surface area contributed by atoms with Gasteiger partial charge in [-0.15, -0.1) is 0 Å². The molecular weight excluding hydrogens is 517 g/mol. The van der Waals surface area contributed by atoms with Crippen molar-refractivity contribution in [2.24, 2.45) is 0 Å². The summed E-state index contributed by atoms with van der Waals surface area (Å²) < 4.78 is 3.11. The first-order chi connectivity index (χ1) is 13.9. The van der Waals surface area contributed by atoms with Crippen molar-refractivity contribution in [2.75, 3.05) is 0 Å². The maximum Gasteiger partial charge on any atom is -1.00 e. The van der Waals surface area contributed by atoms with Gasteiger partial charge in [-0.2, -0.15) is 0 Å². The molecule has 4 aliphatic rings. The molecule has 0 fully saturated rings. The number of hydrogen-bond donors (Lipinski definition) is 0. The van der Waals surface area contributed by atoms with Crippen molar-refractivity contribution >= 4 is 19.3 Å². The van der Waals surface area contributed by atoms with Crippen LogP contribution in [0.5, 0.6) is 0 Å². The van der Waals surface area contributed by atoms with Crippen molar-refractivity contribution in [3.05, 3.63) is 100 Å². The van der Waals surface area contributed by atoms with E-state index in [4.69, 9.17) is 0 Å². The third-order valence-corrected chi connectivity index (χ3v) is 12.8. The Bertz CT molecular complexity index is 1180. The first-order valence-corrected chi connectivity index (χ1v) is 14.9. The van der Waals surface area contributed by atoms with E-state index in [1.165, 1.54) is 28.1 Å². The molecule has 3 heterocycles. The van der Waals surface area contributed by atoms with Gasteiger partial charge in [0.1, 0.15) is 0 Å². The van der Waals surface area contributed by atoms with Crippen molar-refractivity contribution in [1.82, 2.24) is 4.57 Å². The van der Waals surface area contributed by atoms with Crippen LogP contribution < -0.4 is 24.8 Å². The molecule has 0 saturated carbocycles. The van der Waals surface area contributed by atoms with Crippen LogP contribution in [0.25, 0.3) is 17.0 Å². The molecule has 1 aromatic heterocycles. The first kappa shape index (κ1) is 24.5. The minimum atomic E-state index is -1.17. The Morgan fingerprint density at radius 3 is 2.13 bits per heavy atom. The number of hydrogen-bond acceptors (Lipinski definition) is 0. The Morgan fingerprint density at radius 1 is 0.839 bits per heavy atom. The Hall–Kier alpha value is -1.12. The Kier molecular flexibility index (Phi) is 7.14. The molecule has 5 heteroatoms. The van der Waals surface area contributed by atoms with Gasteiger partial charge in [-0.25, -0.2) is 0 Å². The molecule has 7 rings (SSSR count). The number of nitrogens with zero attached hydrogens (tertiary/aromatic N) is 1. The summed E-state index contributed by atoms with van der Waals surface area (Å²) in [7, 11) is -1.17. The molecule has 0 amide bonds. The van der Waals surface area contributed by atoms with E-state index in [0.29, 0.717) is 0 Å². The summed E-state index contributed by atoms with van der Waals surface area (Å²) >= 11 is 1.60. The summed E-state index contributed by atoms with van der Waals surface area (Å²) in [5.74, 6) is 0. The molecule has 2 aliphatic heterocycles. The zero-order valence-electron chi connectivity index (χ0n) is 18.3. The van der Waals surface area contributed by atoms with E-state index in [2.05, 4.69) is 104 Å². The maximum absolute atomic E-state index is 2.51. The molecule has 31 heavy (non-hydrogen) atoms. The quantitative estimate of drug-likeness (QED) is 0.402. The second-order valence-electron chi connectivity index (χ2n) is 8.99.